The van der Waals surface area contributed by atoms with Crippen LogP contribution in [0.1, 0.15) is 24.3 Å². The molecular weight excluding hydrogens is 422 g/mol. The normalized spacial score (nSPS) is 14.6. The molecule has 2 heterocycles. The number of carbonyl (C=O) groups excluding carboxylic acids is 2. The molecule has 0 spiro atoms. The van der Waals surface area contributed by atoms with E-state index in [4.69, 9.17) is 0 Å². The van der Waals surface area contributed by atoms with E-state index in [2.05, 4.69) is 44.9 Å². The molecule has 28 heavy (non-hydrogen) atoms. The number of halogens is 1. The molecule has 2 amide bonds. The maximum absolute atomic E-state index is 12.8. The zero-order chi connectivity index (χ0) is 20.1. The third-order valence-corrected chi connectivity index (χ3v) is 5.65. The molecule has 0 unspecified atom stereocenters. The minimum absolute atomic E-state index is 0.0771. The van der Waals surface area contributed by atoms with Crippen LogP contribution >= 0.6 is 15.9 Å². The van der Waals surface area contributed by atoms with Gasteiger partial charge in [0.2, 0.25) is 5.91 Å². The Hall–Kier alpha value is -2.19. The van der Waals surface area contributed by atoms with Crippen LogP contribution in [0.15, 0.2) is 34.8 Å². The average molecular weight is 448 g/mol. The zero-order valence-electron chi connectivity index (χ0n) is 16.3. The van der Waals surface area contributed by atoms with Crippen LogP contribution in [0, 0.1) is 0 Å². The molecule has 1 aliphatic rings. The number of nitrogens with one attached hydrogen (secondary N) is 1. The van der Waals surface area contributed by atoms with Crippen molar-refractivity contribution in [3.8, 4) is 11.3 Å². The second kappa shape index (κ2) is 9.34. The highest BCUT2D eigenvalue weighted by molar-refractivity contribution is 9.10. The van der Waals surface area contributed by atoms with Gasteiger partial charge in [0, 0.05) is 36.2 Å². The highest BCUT2D eigenvalue weighted by Crippen LogP contribution is 2.21. The van der Waals surface area contributed by atoms with E-state index in [1.807, 2.05) is 29.2 Å². The first kappa shape index (κ1) is 20.5. The van der Waals surface area contributed by atoms with E-state index in [1.54, 1.807) is 11.0 Å². The molecule has 1 aromatic heterocycles. The number of piperazine rings is 1. The summed E-state index contributed by atoms with van der Waals surface area (Å²) >= 11 is 3.41. The number of hydrogen-bond donors (Lipinski definition) is 1. The molecule has 2 aromatic rings. The fourth-order valence-electron chi connectivity index (χ4n) is 3.27. The SMILES string of the molecule is CCN(CC)CC(=O)N1CCN(C(=O)c2cc(-c3ccc(Br)cc3)n[nH]2)CC1. The molecule has 0 bridgehead atoms. The Morgan fingerprint density at radius 1 is 1.07 bits per heavy atom. The number of benzene rings is 1. The Morgan fingerprint density at radius 3 is 2.29 bits per heavy atom. The molecule has 150 valence electrons. The fourth-order valence-corrected chi connectivity index (χ4v) is 3.53. The summed E-state index contributed by atoms with van der Waals surface area (Å²) < 4.78 is 0.997. The molecule has 0 saturated carbocycles. The minimum atomic E-state index is -0.0771. The number of likely N-dealkylation sites (N-methyl/N-ethyl adjacent to an activating group) is 1. The molecule has 0 radical (unpaired) electrons. The second-order valence-corrected chi connectivity index (χ2v) is 7.72. The van der Waals surface area contributed by atoms with E-state index >= 15 is 0 Å². The summed E-state index contributed by atoms with van der Waals surface area (Å²) in [6, 6.07) is 9.58. The molecule has 8 heteroatoms. The van der Waals surface area contributed by atoms with Gasteiger partial charge in [-0.05, 0) is 31.3 Å². The van der Waals surface area contributed by atoms with Gasteiger partial charge in [0.05, 0.1) is 12.2 Å². The van der Waals surface area contributed by atoms with Crippen molar-refractivity contribution < 1.29 is 9.59 Å². The fraction of sp³-hybridized carbons (Fsp3) is 0.450. The average Bonchev–Trinajstić information content (AvgIpc) is 3.22. The molecule has 0 aliphatic carbocycles. The van der Waals surface area contributed by atoms with E-state index < -0.39 is 0 Å². The number of carbonyl (C=O) groups is 2. The Balaban J connectivity index is 1.57. The number of amides is 2. The number of rotatable bonds is 6. The Labute approximate surface area is 173 Å². The smallest absolute Gasteiger partial charge is 0.272 e. The molecule has 7 nitrogen and oxygen atoms in total. The molecule has 1 aromatic carbocycles. The maximum atomic E-state index is 12.8. The number of aromatic amines is 1. The van der Waals surface area contributed by atoms with Crippen LogP contribution in [-0.4, -0.2) is 82.5 Å². The first-order chi connectivity index (χ1) is 13.5. The summed E-state index contributed by atoms with van der Waals surface area (Å²) in [5.74, 6) is 0.0570. The molecule has 3 rings (SSSR count). The van der Waals surface area contributed by atoms with E-state index in [0.717, 1.165) is 28.8 Å². The molecule has 1 aliphatic heterocycles. The van der Waals surface area contributed by atoms with Crippen molar-refractivity contribution in [1.82, 2.24) is 24.9 Å². The van der Waals surface area contributed by atoms with E-state index in [1.165, 1.54) is 0 Å². The van der Waals surface area contributed by atoms with Crippen LogP contribution in [0.4, 0.5) is 0 Å². The quantitative estimate of drug-likeness (QED) is 0.737. The monoisotopic (exact) mass is 447 g/mol. The van der Waals surface area contributed by atoms with Gasteiger partial charge in [-0.2, -0.15) is 5.10 Å². The van der Waals surface area contributed by atoms with Gasteiger partial charge >= 0.3 is 0 Å². The molecule has 1 saturated heterocycles. The Morgan fingerprint density at radius 2 is 1.68 bits per heavy atom. The van der Waals surface area contributed by atoms with Gasteiger partial charge in [0.1, 0.15) is 5.69 Å². The third kappa shape index (κ3) is 4.80. The van der Waals surface area contributed by atoms with Crippen LogP contribution in [0.2, 0.25) is 0 Å². The predicted molar refractivity (Wildman–Crippen MR) is 112 cm³/mol. The Bertz CT molecular complexity index is 808. The lowest BCUT2D eigenvalue weighted by Crippen LogP contribution is -2.52. The van der Waals surface area contributed by atoms with Crippen LogP contribution in [0.25, 0.3) is 11.3 Å². The van der Waals surface area contributed by atoms with Crippen LogP contribution in [0.5, 0.6) is 0 Å². The van der Waals surface area contributed by atoms with Gasteiger partial charge in [-0.15, -0.1) is 0 Å². The summed E-state index contributed by atoms with van der Waals surface area (Å²) in [5.41, 5.74) is 2.16. The van der Waals surface area contributed by atoms with Crippen molar-refractivity contribution in [2.24, 2.45) is 0 Å². The van der Waals surface area contributed by atoms with Gasteiger partial charge in [-0.25, -0.2) is 0 Å². The highest BCUT2D eigenvalue weighted by atomic mass is 79.9. The standard InChI is InChI=1S/C20H26BrN5O2/c1-3-24(4-2)14-19(27)25-9-11-26(12-10-25)20(28)18-13-17(22-23-18)15-5-7-16(21)8-6-15/h5-8,13H,3-4,9-12,14H2,1-2H3,(H,22,23). The lowest BCUT2D eigenvalue weighted by Gasteiger charge is -2.35. The summed E-state index contributed by atoms with van der Waals surface area (Å²) in [6.07, 6.45) is 0. The summed E-state index contributed by atoms with van der Waals surface area (Å²) in [6.45, 7) is 8.49. The van der Waals surface area contributed by atoms with Crippen molar-refractivity contribution in [2.75, 3.05) is 45.8 Å². The van der Waals surface area contributed by atoms with Crippen LogP contribution in [0.3, 0.4) is 0 Å². The number of hydrogen-bond acceptors (Lipinski definition) is 4. The van der Waals surface area contributed by atoms with E-state index in [9.17, 15) is 9.59 Å². The summed E-state index contributed by atoms with van der Waals surface area (Å²) in [4.78, 5) is 30.9. The third-order valence-electron chi connectivity index (χ3n) is 5.12. The maximum Gasteiger partial charge on any atom is 0.272 e. The topological polar surface area (TPSA) is 72.5 Å². The Kier molecular flexibility index (Phi) is 6.85. The minimum Gasteiger partial charge on any atom is -0.338 e. The predicted octanol–water partition coefficient (Wildman–Crippen LogP) is 2.47. The van der Waals surface area contributed by atoms with Crippen LogP contribution < -0.4 is 0 Å². The zero-order valence-corrected chi connectivity index (χ0v) is 17.9. The molecule has 0 atom stereocenters. The first-order valence-electron chi connectivity index (χ1n) is 9.62. The molecular formula is C20H26BrN5O2. The van der Waals surface area contributed by atoms with Gasteiger partial charge in [0.25, 0.3) is 5.91 Å². The highest BCUT2D eigenvalue weighted by Gasteiger charge is 2.26. The number of nitrogens with zero attached hydrogens (tertiary/aromatic N) is 4. The first-order valence-corrected chi connectivity index (χ1v) is 10.4. The van der Waals surface area contributed by atoms with Gasteiger partial charge < -0.3 is 9.80 Å². The largest absolute Gasteiger partial charge is 0.338 e. The van der Waals surface area contributed by atoms with E-state index in [-0.39, 0.29) is 11.8 Å². The number of H-pyrrole nitrogens is 1. The summed E-state index contributed by atoms with van der Waals surface area (Å²) in [7, 11) is 0. The van der Waals surface area contributed by atoms with Crippen molar-refractivity contribution in [3.05, 3.63) is 40.5 Å². The lowest BCUT2D eigenvalue weighted by atomic mass is 10.1. The molecule has 1 fully saturated rings. The van der Waals surface area contributed by atoms with Crippen molar-refractivity contribution in [1.29, 1.82) is 0 Å². The van der Waals surface area contributed by atoms with Gasteiger partial charge in [-0.3, -0.25) is 19.6 Å². The van der Waals surface area contributed by atoms with Crippen LogP contribution in [-0.2, 0) is 4.79 Å². The van der Waals surface area contributed by atoms with Crippen molar-refractivity contribution in [3.63, 3.8) is 0 Å². The van der Waals surface area contributed by atoms with Gasteiger partial charge in [-0.1, -0.05) is 41.9 Å². The van der Waals surface area contributed by atoms with Crippen molar-refractivity contribution >= 4 is 27.7 Å². The van der Waals surface area contributed by atoms with E-state index in [0.29, 0.717) is 38.4 Å². The van der Waals surface area contributed by atoms with Crippen molar-refractivity contribution in [2.45, 2.75) is 13.8 Å². The lowest BCUT2D eigenvalue weighted by molar-refractivity contribution is -0.133. The van der Waals surface area contributed by atoms with Gasteiger partial charge in [0.15, 0.2) is 0 Å². The summed E-state index contributed by atoms with van der Waals surface area (Å²) in [5, 5.41) is 7.12. The molecule has 1 N–H and O–H groups in total. The number of aromatic nitrogens is 2. The second-order valence-electron chi connectivity index (χ2n) is 6.81.